The van der Waals surface area contributed by atoms with Gasteiger partial charge in [-0.25, -0.2) is 9.78 Å². The zero-order chi connectivity index (χ0) is 13.9. The summed E-state index contributed by atoms with van der Waals surface area (Å²) >= 11 is 0.945. The number of hydrogen-bond donors (Lipinski definition) is 1. The van der Waals surface area contributed by atoms with Gasteiger partial charge in [-0.3, -0.25) is 0 Å². The smallest absolute Gasteiger partial charge is 0.342 e. The molecular weight excluding hydrogens is 278 g/mol. The molecule has 0 spiro atoms. The van der Waals surface area contributed by atoms with Crippen molar-refractivity contribution >= 4 is 34.9 Å². The predicted molar refractivity (Wildman–Crippen MR) is 74.2 cm³/mol. The highest BCUT2D eigenvalue weighted by Gasteiger charge is 2.15. The highest BCUT2D eigenvalue weighted by Crippen LogP contribution is 2.30. The molecule has 0 amide bonds. The van der Waals surface area contributed by atoms with Crippen molar-refractivity contribution in [1.29, 1.82) is 0 Å². The molecule has 0 aliphatic rings. The van der Waals surface area contributed by atoms with Gasteiger partial charge in [0.2, 0.25) is 0 Å². The maximum atomic E-state index is 11.2. The van der Waals surface area contributed by atoms with Gasteiger partial charge in [-0.2, -0.15) is 0 Å². The van der Waals surface area contributed by atoms with Crippen molar-refractivity contribution in [2.75, 3.05) is 0 Å². The lowest BCUT2D eigenvalue weighted by Crippen LogP contribution is -1.96. The molecule has 3 aromatic rings. The number of rotatable bonds is 4. The van der Waals surface area contributed by atoms with Crippen LogP contribution in [0.25, 0.3) is 17.2 Å². The van der Waals surface area contributed by atoms with E-state index in [1.54, 1.807) is 24.3 Å². The molecule has 0 atom stereocenters. The molecule has 0 unspecified atom stereocenters. The molecule has 2 aromatic heterocycles. The Hall–Kier alpha value is -2.47. The van der Waals surface area contributed by atoms with Crippen LogP contribution in [-0.4, -0.2) is 16.1 Å². The molecule has 0 saturated carbocycles. The molecule has 100 valence electrons. The first-order valence-corrected chi connectivity index (χ1v) is 6.56. The lowest BCUT2D eigenvalue weighted by molar-refractivity contribution is -0.131. The number of thioether (sulfide) groups is 1. The van der Waals surface area contributed by atoms with E-state index >= 15 is 0 Å². The Morgan fingerprint density at radius 2 is 2.10 bits per heavy atom. The molecule has 6 heteroatoms. The number of fused-ring (bicyclic) bond motifs is 1. The molecule has 20 heavy (non-hydrogen) atoms. The third-order valence-electron chi connectivity index (χ3n) is 2.50. The van der Waals surface area contributed by atoms with E-state index in [9.17, 15) is 9.90 Å². The molecule has 0 aliphatic carbocycles. The summed E-state index contributed by atoms with van der Waals surface area (Å²) < 4.78 is 10.6. The van der Waals surface area contributed by atoms with E-state index < -0.39 is 5.97 Å². The van der Waals surface area contributed by atoms with E-state index in [2.05, 4.69) is 4.98 Å². The number of para-hydroxylation sites is 2. The number of hydrogen-bond acceptors (Lipinski definition) is 5. The Balaban J connectivity index is 1.92. The topological polar surface area (TPSA) is 76.5 Å². The normalized spacial score (nSPS) is 11.9. The van der Waals surface area contributed by atoms with E-state index in [0.717, 1.165) is 11.8 Å². The minimum atomic E-state index is -1.06. The first-order valence-electron chi connectivity index (χ1n) is 5.74. The summed E-state index contributed by atoms with van der Waals surface area (Å²) in [6, 6.07) is 10.6. The molecule has 1 N–H and O–H groups in total. The van der Waals surface area contributed by atoms with Crippen molar-refractivity contribution < 1.29 is 18.7 Å². The van der Waals surface area contributed by atoms with E-state index in [0.29, 0.717) is 16.9 Å². The van der Waals surface area contributed by atoms with Gasteiger partial charge in [0.1, 0.15) is 16.2 Å². The number of nitrogens with zero attached hydrogens (tertiary/aromatic N) is 1. The van der Waals surface area contributed by atoms with Crippen LogP contribution in [0, 0.1) is 0 Å². The highest BCUT2D eigenvalue weighted by atomic mass is 32.2. The fraction of sp³-hybridized carbons (Fsp3) is 0. The summed E-state index contributed by atoms with van der Waals surface area (Å²) in [4.78, 5) is 15.5. The van der Waals surface area contributed by atoms with E-state index in [1.807, 2.05) is 12.1 Å². The largest absolute Gasteiger partial charge is 0.477 e. The lowest BCUT2D eigenvalue weighted by Gasteiger charge is -1.96. The van der Waals surface area contributed by atoms with Crippen molar-refractivity contribution in [3.8, 4) is 0 Å². The third kappa shape index (κ3) is 2.60. The van der Waals surface area contributed by atoms with Crippen LogP contribution < -0.4 is 0 Å². The molecule has 0 radical (unpaired) electrons. The van der Waals surface area contributed by atoms with Crippen LogP contribution in [0.2, 0.25) is 0 Å². The number of aromatic nitrogens is 1. The average Bonchev–Trinajstić information content (AvgIpc) is 3.05. The van der Waals surface area contributed by atoms with Crippen LogP contribution in [0.4, 0.5) is 0 Å². The van der Waals surface area contributed by atoms with Gasteiger partial charge >= 0.3 is 5.97 Å². The number of carbonyl (C=O) groups is 1. The standard InChI is InChI=1S/C14H9NO4S/c16-13(17)12(8-9-4-3-7-18-9)20-14-15-10-5-1-2-6-11(10)19-14/h1-8H,(H,16,17)/b12-8+. The minimum Gasteiger partial charge on any atom is -0.477 e. The summed E-state index contributed by atoms with van der Waals surface area (Å²) in [6.07, 6.45) is 2.91. The van der Waals surface area contributed by atoms with Crippen molar-refractivity contribution in [3.63, 3.8) is 0 Å². The van der Waals surface area contributed by atoms with Crippen LogP contribution in [0.5, 0.6) is 0 Å². The summed E-state index contributed by atoms with van der Waals surface area (Å²) in [7, 11) is 0. The van der Waals surface area contributed by atoms with Crippen LogP contribution in [0.3, 0.4) is 0 Å². The van der Waals surface area contributed by atoms with Crippen LogP contribution in [0.15, 0.2) is 61.6 Å². The van der Waals surface area contributed by atoms with Gasteiger partial charge in [0.05, 0.1) is 6.26 Å². The third-order valence-corrected chi connectivity index (χ3v) is 3.36. The summed E-state index contributed by atoms with van der Waals surface area (Å²) in [5.41, 5.74) is 1.32. The molecule has 5 nitrogen and oxygen atoms in total. The Bertz CT molecular complexity index is 740. The Labute approximate surface area is 117 Å². The number of oxazole rings is 1. The zero-order valence-electron chi connectivity index (χ0n) is 10.1. The van der Waals surface area contributed by atoms with Crippen molar-refractivity contribution in [2.45, 2.75) is 5.22 Å². The van der Waals surface area contributed by atoms with Crippen molar-refractivity contribution in [1.82, 2.24) is 4.98 Å². The van der Waals surface area contributed by atoms with Gasteiger partial charge in [-0.1, -0.05) is 12.1 Å². The van der Waals surface area contributed by atoms with E-state index in [-0.39, 0.29) is 10.1 Å². The van der Waals surface area contributed by atoms with E-state index in [4.69, 9.17) is 8.83 Å². The van der Waals surface area contributed by atoms with Gasteiger partial charge in [-0.15, -0.1) is 0 Å². The van der Waals surface area contributed by atoms with Gasteiger partial charge in [-0.05, 0) is 36.0 Å². The summed E-state index contributed by atoms with van der Waals surface area (Å²) in [5, 5.41) is 9.49. The molecule has 1 aromatic carbocycles. The molecule has 0 fully saturated rings. The molecule has 0 saturated heterocycles. The number of carboxylic acids is 1. The summed E-state index contributed by atoms with van der Waals surface area (Å²) in [5.74, 6) is -0.598. The quantitative estimate of drug-likeness (QED) is 0.583. The monoisotopic (exact) mass is 287 g/mol. The number of aliphatic carboxylic acids is 1. The van der Waals surface area contributed by atoms with Crippen molar-refractivity contribution in [3.05, 3.63) is 53.3 Å². The van der Waals surface area contributed by atoms with Gasteiger partial charge in [0, 0.05) is 6.08 Å². The molecule has 0 aliphatic heterocycles. The molecular formula is C14H9NO4S. The number of furan rings is 1. The Morgan fingerprint density at radius 3 is 2.80 bits per heavy atom. The van der Waals surface area contributed by atoms with Gasteiger partial charge < -0.3 is 13.9 Å². The second kappa shape index (κ2) is 5.26. The van der Waals surface area contributed by atoms with Crippen LogP contribution >= 0.6 is 11.8 Å². The maximum Gasteiger partial charge on any atom is 0.342 e. The Morgan fingerprint density at radius 1 is 1.25 bits per heavy atom. The lowest BCUT2D eigenvalue weighted by atomic mass is 10.3. The number of carboxylic acid groups (broad SMARTS) is 1. The van der Waals surface area contributed by atoms with E-state index in [1.165, 1.54) is 12.3 Å². The minimum absolute atomic E-state index is 0.0755. The second-order valence-corrected chi connectivity index (χ2v) is 4.87. The fourth-order valence-electron chi connectivity index (χ4n) is 1.63. The molecule has 3 rings (SSSR count). The summed E-state index contributed by atoms with van der Waals surface area (Å²) in [6.45, 7) is 0. The average molecular weight is 287 g/mol. The van der Waals surface area contributed by atoms with Gasteiger partial charge in [0.25, 0.3) is 5.22 Å². The second-order valence-electron chi connectivity index (χ2n) is 3.88. The first kappa shape index (κ1) is 12.6. The zero-order valence-corrected chi connectivity index (χ0v) is 11.0. The van der Waals surface area contributed by atoms with Crippen LogP contribution in [0.1, 0.15) is 5.76 Å². The fourth-order valence-corrected chi connectivity index (χ4v) is 2.35. The Kier molecular flexibility index (Phi) is 3.30. The van der Waals surface area contributed by atoms with Crippen LogP contribution in [-0.2, 0) is 4.79 Å². The number of benzene rings is 1. The van der Waals surface area contributed by atoms with Gasteiger partial charge in [0.15, 0.2) is 5.58 Å². The SMILES string of the molecule is O=C(O)/C(=C\c1ccco1)Sc1nc2ccccc2o1. The van der Waals surface area contributed by atoms with Crippen molar-refractivity contribution in [2.24, 2.45) is 0 Å². The first-order chi connectivity index (χ1) is 9.72. The molecule has 2 heterocycles. The maximum absolute atomic E-state index is 11.2. The highest BCUT2D eigenvalue weighted by molar-refractivity contribution is 8.03. The molecule has 0 bridgehead atoms. The predicted octanol–water partition coefficient (Wildman–Crippen LogP) is 3.64.